The Morgan fingerprint density at radius 2 is 1.06 bits per heavy atom. The molecule has 0 unspecified atom stereocenters. The molecular formula is C29H42O6. The van der Waals surface area contributed by atoms with Gasteiger partial charge in [-0.05, 0) is 55.7 Å². The van der Waals surface area contributed by atoms with Gasteiger partial charge < -0.3 is 24.4 Å². The smallest absolute Gasteiger partial charge is 0.335 e. The van der Waals surface area contributed by atoms with Crippen LogP contribution in [0.4, 0.5) is 0 Å². The minimum Gasteiger partial charge on any atom is -0.508 e. The Bertz CT molecular complexity index is 834. The maximum absolute atomic E-state index is 11.5. The molecule has 2 rings (SSSR count). The monoisotopic (exact) mass is 486 g/mol. The normalized spacial score (nSPS) is 10.8. The number of unbranched alkanes of at least 4 members (excludes halogenated alkanes) is 10. The van der Waals surface area contributed by atoms with E-state index in [0.29, 0.717) is 31.3 Å². The second kappa shape index (κ2) is 17.5. The fourth-order valence-electron chi connectivity index (χ4n) is 3.77. The topological polar surface area (TPSA) is 85.2 Å². The van der Waals surface area contributed by atoms with Gasteiger partial charge in [0.1, 0.15) is 23.0 Å². The van der Waals surface area contributed by atoms with E-state index in [4.69, 9.17) is 14.2 Å². The van der Waals surface area contributed by atoms with Gasteiger partial charge in [-0.2, -0.15) is 0 Å². The molecule has 2 aromatic carbocycles. The molecule has 0 aliphatic rings. The highest BCUT2D eigenvalue weighted by Crippen LogP contribution is 2.24. The molecule has 0 aromatic heterocycles. The van der Waals surface area contributed by atoms with Crippen molar-refractivity contribution < 1.29 is 29.2 Å². The summed E-state index contributed by atoms with van der Waals surface area (Å²) in [5.74, 6) is 1.16. The van der Waals surface area contributed by atoms with Crippen molar-refractivity contribution in [2.24, 2.45) is 0 Å². The lowest BCUT2D eigenvalue weighted by Gasteiger charge is -2.11. The summed E-state index contributed by atoms with van der Waals surface area (Å²) in [5.41, 5.74) is 0.190. The molecule has 0 saturated carbocycles. The van der Waals surface area contributed by atoms with Crippen molar-refractivity contribution in [2.45, 2.75) is 84.0 Å². The first-order valence-corrected chi connectivity index (χ1v) is 13.1. The molecule has 0 bridgehead atoms. The van der Waals surface area contributed by atoms with E-state index in [1.165, 1.54) is 25.7 Å². The van der Waals surface area contributed by atoms with Crippen LogP contribution in [0.1, 0.15) is 94.3 Å². The van der Waals surface area contributed by atoms with E-state index in [-0.39, 0.29) is 11.3 Å². The van der Waals surface area contributed by atoms with Crippen LogP contribution in [0.3, 0.4) is 0 Å². The third-order valence-electron chi connectivity index (χ3n) is 5.81. The summed E-state index contributed by atoms with van der Waals surface area (Å²) < 4.78 is 17.3. The number of rotatable bonds is 20. The number of phenols is 1. The molecule has 0 saturated heterocycles. The van der Waals surface area contributed by atoms with Gasteiger partial charge in [0.05, 0.1) is 25.4 Å². The number of benzene rings is 2. The van der Waals surface area contributed by atoms with Crippen molar-refractivity contribution >= 4 is 5.97 Å². The molecular weight excluding hydrogens is 444 g/mol. The first kappa shape index (κ1) is 28.3. The molecule has 0 aliphatic carbocycles. The molecule has 0 heterocycles. The van der Waals surface area contributed by atoms with Crippen LogP contribution in [-0.2, 0) is 0 Å². The van der Waals surface area contributed by atoms with Crippen LogP contribution < -0.4 is 14.2 Å². The van der Waals surface area contributed by atoms with Crippen molar-refractivity contribution in [1.29, 1.82) is 0 Å². The van der Waals surface area contributed by atoms with E-state index >= 15 is 0 Å². The molecule has 0 radical (unpaired) electrons. The van der Waals surface area contributed by atoms with Crippen LogP contribution in [0, 0.1) is 0 Å². The third kappa shape index (κ3) is 13.0. The van der Waals surface area contributed by atoms with Gasteiger partial charge in [0.2, 0.25) is 0 Å². The predicted molar refractivity (Wildman–Crippen MR) is 139 cm³/mol. The molecule has 2 N–H and O–H groups in total. The van der Waals surface area contributed by atoms with Gasteiger partial charge in [-0.3, -0.25) is 0 Å². The Labute approximate surface area is 210 Å². The molecule has 6 nitrogen and oxygen atoms in total. The molecule has 0 aliphatic heterocycles. The quantitative estimate of drug-likeness (QED) is 0.187. The van der Waals surface area contributed by atoms with E-state index in [1.54, 1.807) is 42.5 Å². The van der Waals surface area contributed by atoms with Crippen LogP contribution in [-0.4, -0.2) is 36.0 Å². The molecule has 2 aromatic rings. The summed E-state index contributed by atoms with van der Waals surface area (Å²) in [5, 5.41) is 18.7. The fraction of sp³-hybridized carbons (Fsp3) is 0.552. The Kier molecular flexibility index (Phi) is 14.2. The minimum atomic E-state index is -0.978. The van der Waals surface area contributed by atoms with Gasteiger partial charge in [0, 0.05) is 6.07 Å². The molecule has 6 heteroatoms. The SMILES string of the molecule is CCCCCCCCOc1cc(OCCCCCCCCOc2ccc(O)cc2)cc(C(=O)O)c1. The van der Waals surface area contributed by atoms with Gasteiger partial charge in [-0.1, -0.05) is 64.7 Å². The number of aromatic carboxylic acids is 1. The Morgan fingerprint density at radius 3 is 1.51 bits per heavy atom. The number of hydrogen-bond donors (Lipinski definition) is 2. The van der Waals surface area contributed by atoms with Crippen LogP contribution in [0.15, 0.2) is 42.5 Å². The zero-order valence-corrected chi connectivity index (χ0v) is 21.2. The first-order chi connectivity index (χ1) is 17.1. The van der Waals surface area contributed by atoms with Crippen LogP contribution in [0.25, 0.3) is 0 Å². The average Bonchev–Trinajstić information content (AvgIpc) is 2.85. The van der Waals surface area contributed by atoms with Crippen molar-refractivity contribution in [3.8, 4) is 23.0 Å². The number of aromatic hydroxyl groups is 1. The van der Waals surface area contributed by atoms with E-state index < -0.39 is 5.97 Å². The van der Waals surface area contributed by atoms with Gasteiger partial charge >= 0.3 is 5.97 Å². The second-order valence-electron chi connectivity index (χ2n) is 8.93. The standard InChI is InChI=1S/C29H42O6/c1-2-3-4-5-8-12-19-34-27-21-24(29(31)32)22-28(23-27)35-20-13-10-7-6-9-11-18-33-26-16-14-25(30)15-17-26/h14-17,21-23,30H,2-13,18-20H2,1H3,(H,31,32). The summed E-state index contributed by atoms with van der Waals surface area (Å²) in [6, 6.07) is 11.7. The molecule has 35 heavy (non-hydrogen) atoms. The summed E-state index contributed by atoms with van der Waals surface area (Å²) in [6.45, 7) is 4.04. The third-order valence-corrected chi connectivity index (χ3v) is 5.81. The van der Waals surface area contributed by atoms with Crippen LogP contribution in [0.2, 0.25) is 0 Å². The number of hydrogen-bond acceptors (Lipinski definition) is 5. The van der Waals surface area contributed by atoms with Crippen molar-refractivity contribution in [1.82, 2.24) is 0 Å². The molecule has 0 spiro atoms. The van der Waals surface area contributed by atoms with Crippen molar-refractivity contribution in [3.63, 3.8) is 0 Å². The highest BCUT2D eigenvalue weighted by Gasteiger charge is 2.09. The lowest BCUT2D eigenvalue weighted by Crippen LogP contribution is -2.03. The van der Waals surface area contributed by atoms with E-state index in [2.05, 4.69) is 6.92 Å². The summed E-state index contributed by atoms with van der Waals surface area (Å²) in [4.78, 5) is 11.5. The largest absolute Gasteiger partial charge is 0.508 e. The van der Waals surface area contributed by atoms with Crippen molar-refractivity contribution in [2.75, 3.05) is 19.8 Å². The summed E-state index contributed by atoms with van der Waals surface area (Å²) >= 11 is 0. The lowest BCUT2D eigenvalue weighted by molar-refractivity contribution is 0.0695. The van der Waals surface area contributed by atoms with E-state index in [9.17, 15) is 15.0 Å². The van der Waals surface area contributed by atoms with E-state index in [0.717, 1.165) is 57.1 Å². The molecule has 0 fully saturated rings. The fourth-order valence-corrected chi connectivity index (χ4v) is 3.77. The average molecular weight is 487 g/mol. The lowest BCUT2D eigenvalue weighted by atomic mass is 10.1. The molecule has 0 amide bonds. The Hall–Kier alpha value is -2.89. The van der Waals surface area contributed by atoms with Crippen LogP contribution >= 0.6 is 0 Å². The number of phenolic OH excluding ortho intramolecular Hbond substituents is 1. The zero-order chi connectivity index (χ0) is 25.1. The Balaban J connectivity index is 1.57. The molecule has 194 valence electrons. The van der Waals surface area contributed by atoms with Crippen LogP contribution in [0.5, 0.6) is 23.0 Å². The highest BCUT2D eigenvalue weighted by atomic mass is 16.5. The highest BCUT2D eigenvalue weighted by molar-refractivity contribution is 5.88. The van der Waals surface area contributed by atoms with Crippen molar-refractivity contribution in [3.05, 3.63) is 48.0 Å². The summed E-state index contributed by atoms with van der Waals surface area (Å²) in [6.07, 6.45) is 13.5. The maximum Gasteiger partial charge on any atom is 0.335 e. The predicted octanol–water partition coefficient (Wildman–Crippen LogP) is 7.63. The Morgan fingerprint density at radius 1 is 0.629 bits per heavy atom. The zero-order valence-electron chi connectivity index (χ0n) is 21.2. The van der Waals surface area contributed by atoms with E-state index in [1.807, 2.05) is 0 Å². The summed E-state index contributed by atoms with van der Waals surface area (Å²) in [7, 11) is 0. The second-order valence-corrected chi connectivity index (χ2v) is 8.93. The minimum absolute atomic E-state index is 0.190. The van der Waals surface area contributed by atoms with Gasteiger partial charge in [0.15, 0.2) is 0 Å². The van der Waals surface area contributed by atoms with Gasteiger partial charge in [0.25, 0.3) is 0 Å². The first-order valence-electron chi connectivity index (χ1n) is 13.1. The van der Waals surface area contributed by atoms with Gasteiger partial charge in [-0.25, -0.2) is 4.79 Å². The number of carbonyl (C=O) groups is 1. The van der Waals surface area contributed by atoms with Gasteiger partial charge in [-0.15, -0.1) is 0 Å². The number of carboxylic acids is 1. The number of ether oxygens (including phenoxy) is 3. The maximum atomic E-state index is 11.5. The molecule has 0 atom stereocenters. The number of carboxylic acid groups (broad SMARTS) is 1.